The van der Waals surface area contributed by atoms with E-state index in [2.05, 4.69) is 5.32 Å². The Labute approximate surface area is 137 Å². The fourth-order valence-corrected chi connectivity index (χ4v) is 2.48. The van der Waals surface area contributed by atoms with E-state index in [0.29, 0.717) is 25.8 Å². The second-order valence-electron chi connectivity index (χ2n) is 5.72. The molecule has 1 saturated heterocycles. The molecule has 1 atom stereocenters. The number of hydrogen-bond donors (Lipinski definition) is 2. The smallest absolute Gasteiger partial charge is 0.244 e. The molecule has 1 heterocycles. The van der Waals surface area contributed by atoms with Gasteiger partial charge < -0.3 is 15.3 Å². The van der Waals surface area contributed by atoms with Gasteiger partial charge in [0, 0.05) is 31.3 Å². The van der Waals surface area contributed by atoms with Crippen LogP contribution in [0.15, 0.2) is 30.3 Å². The van der Waals surface area contributed by atoms with Gasteiger partial charge in [-0.3, -0.25) is 9.59 Å². The Morgan fingerprint density at radius 1 is 1.39 bits per heavy atom. The van der Waals surface area contributed by atoms with Crippen molar-refractivity contribution in [3.05, 3.63) is 35.9 Å². The van der Waals surface area contributed by atoms with Crippen LogP contribution in [-0.2, 0) is 9.59 Å². The van der Waals surface area contributed by atoms with Gasteiger partial charge in [-0.05, 0) is 43.0 Å². The number of aliphatic hydroxyl groups excluding tert-OH is 1. The molecule has 0 bridgehead atoms. The van der Waals surface area contributed by atoms with Gasteiger partial charge in [0.2, 0.25) is 11.8 Å². The van der Waals surface area contributed by atoms with Crippen molar-refractivity contribution in [2.75, 3.05) is 18.0 Å². The largest absolute Gasteiger partial charge is 0.393 e. The molecule has 1 fully saturated rings. The van der Waals surface area contributed by atoms with Crippen LogP contribution in [0.1, 0.15) is 38.2 Å². The lowest BCUT2D eigenvalue weighted by Crippen LogP contribution is -2.25. The van der Waals surface area contributed by atoms with Crippen LogP contribution < -0.4 is 10.2 Å². The van der Waals surface area contributed by atoms with Crippen molar-refractivity contribution in [1.82, 2.24) is 5.32 Å². The van der Waals surface area contributed by atoms with Crippen LogP contribution in [0, 0.1) is 0 Å². The SMILES string of the molecule is CCC(O)CCNC(=O)/C=C/c1ccc(N2CCCC2=O)cc1. The minimum Gasteiger partial charge on any atom is -0.393 e. The van der Waals surface area contributed by atoms with Gasteiger partial charge in [0.25, 0.3) is 0 Å². The number of hydrogen-bond acceptors (Lipinski definition) is 3. The van der Waals surface area contributed by atoms with E-state index in [4.69, 9.17) is 0 Å². The highest BCUT2D eigenvalue weighted by Crippen LogP contribution is 2.21. The van der Waals surface area contributed by atoms with Crippen LogP contribution in [-0.4, -0.2) is 36.1 Å². The van der Waals surface area contributed by atoms with E-state index in [9.17, 15) is 14.7 Å². The number of rotatable bonds is 7. The molecule has 5 heteroatoms. The minimum atomic E-state index is -0.361. The van der Waals surface area contributed by atoms with Crippen LogP contribution in [0.5, 0.6) is 0 Å². The van der Waals surface area contributed by atoms with E-state index in [1.165, 1.54) is 6.08 Å². The predicted octanol–water partition coefficient (Wildman–Crippen LogP) is 2.10. The topological polar surface area (TPSA) is 69.6 Å². The third kappa shape index (κ3) is 5.21. The Morgan fingerprint density at radius 2 is 2.13 bits per heavy atom. The average Bonchev–Trinajstić information content (AvgIpc) is 2.99. The van der Waals surface area contributed by atoms with E-state index >= 15 is 0 Å². The Bertz CT molecular complexity index is 566. The number of anilines is 1. The molecule has 1 unspecified atom stereocenters. The van der Waals surface area contributed by atoms with E-state index in [1.54, 1.807) is 11.0 Å². The first-order valence-electron chi connectivity index (χ1n) is 8.14. The molecule has 0 aliphatic carbocycles. The van der Waals surface area contributed by atoms with Gasteiger partial charge in [0.05, 0.1) is 6.10 Å². The molecule has 23 heavy (non-hydrogen) atoms. The number of carbonyl (C=O) groups excluding carboxylic acids is 2. The average molecular weight is 316 g/mol. The lowest BCUT2D eigenvalue weighted by molar-refractivity contribution is -0.117. The third-order valence-corrected chi connectivity index (χ3v) is 3.95. The van der Waals surface area contributed by atoms with E-state index < -0.39 is 0 Å². The Kier molecular flexibility index (Phi) is 6.35. The monoisotopic (exact) mass is 316 g/mol. The molecule has 1 aromatic carbocycles. The van der Waals surface area contributed by atoms with Gasteiger partial charge in [-0.2, -0.15) is 0 Å². The van der Waals surface area contributed by atoms with Crippen molar-refractivity contribution in [3.8, 4) is 0 Å². The fraction of sp³-hybridized carbons (Fsp3) is 0.444. The molecule has 1 aromatic rings. The van der Waals surface area contributed by atoms with Crippen LogP contribution in [0.3, 0.4) is 0 Å². The highest BCUT2D eigenvalue weighted by Gasteiger charge is 2.21. The first kappa shape index (κ1) is 17.2. The zero-order valence-electron chi connectivity index (χ0n) is 13.5. The predicted molar refractivity (Wildman–Crippen MR) is 91.0 cm³/mol. The Morgan fingerprint density at radius 3 is 2.74 bits per heavy atom. The number of aliphatic hydroxyl groups is 1. The Balaban J connectivity index is 1.83. The van der Waals surface area contributed by atoms with E-state index in [0.717, 1.165) is 24.2 Å². The number of carbonyl (C=O) groups is 2. The van der Waals surface area contributed by atoms with Crippen molar-refractivity contribution in [1.29, 1.82) is 0 Å². The summed E-state index contributed by atoms with van der Waals surface area (Å²) >= 11 is 0. The maximum atomic E-state index is 11.7. The molecule has 2 N–H and O–H groups in total. The second-order valence-corrected chi connectivity index (χ2v) is 5.72. The second kappa shape index (κ2) is 8.48. The van der Waals surface area contributed by atoms with Gasteiger partial charge in [-0.25, -0.2) is 0 Å². The van der Waals surface area contributed by atoms with Crippen molar-refractivity contribution in [3.63, 3.8) is 0 Å². The van der Waals surface area contributed by atoms with E-state index in [-0.39, 0.29) is 17.9 Å². The first-order chi connectivity index (χ1) is 11.1. The van der Waals surface area contributed by atoms with Crippen LogP contribution in [0.25, 0.3) is 6.08 Å². The standard InChI is InChI=1S/C18H24N2O3/c1-2-16(21)11-12-19-17(22)10-7-14-5-8-15(9-6-14)20-13-3-4-18(20)23/h5-10,16,21H,2-4,11-13H2,1H3,(H,19,22)/b10-7+. The molecule has 0 radical (unpaired) electrons. The van der Waals surface area contributed by atoms with Crippen molar-refractivity contribution in [2.45, 2.75) is 38.7 Å². The van der Waals surface area contributed by atoms with Gasteiger partial charge in [-0.15, -0.1) is 0 Å². The molecule has 5 nitrogen and oxygen atoms in total. The van der Waals surface area contributed by atoms with E-state index in [1.807, 2.05) is 31.2 Å². The summed E-state index contributed by atoms with van der Waals surface area (Å²) in [5, 5.41) is 12.2. The summed E-state index contributed by atoms with van der Waals surface area (Å²) in [5.74, 6) is -0.00552. The minimum absolute atomic E-state index is 0.168. The molecule has 2 rings (SSSR count). The quantitative estimate of drug-likeness (QED) is 0.757. The molecule has 124 valence electrons. The zero-order chi connectivity index (χ0) is 16.7. The van der Waals surface area contributed by atoms with Gasteiger partial charge in [-0.1, -0.05) is 19.1 Å². The third-order valence-electron chi connectivity index (χ3n) is 3.95. The number of benzene rings is 1. The molecule has 0 spiro atoms. The molecular formula is C18H24N2O3. The molecular weight excluding hydrogens is 292 g/mol. The van der Waals surface area contributed by atoms with Crippen LogP contribution >= 0.6 is 0 Å². The summed E-state index contributed by atoms with van der Waals surface area (Å²) in [6.45, 7) is 3.15. The Hall–Kier alpha value is -2.14. The summed E-state index contributed by atoms with van der Waals surface area (Å²) in [6.07, 6.45) is 5.64. The number of nitrogens with zero attached hydrogens (tertiary/aromatic N) is 1. The maximum absolute atomic E-state index is 11.7. The van der Waals surface area contributed by atoms with Crippen molar-refractivity contribution in [2.24, 2.45) is 0 Å². The summed E-state index contributed by atoms with van der Waals surface area (Å²) < 4.78 is 0. The normalized spacial score (nSPS) is 16.1. The highest BCUT2D eigenvalue weighted by molar-refractivity contribution is 5.95. The molecule has 2 amide bonds. The highest BCUT2D eigenvalue weighted by atomic mass is 16.3. The molecule has 1 aliphatic rings. The summed E-state index contributed by atoms with van der Waals surface area (Å²) in [7, 11) is 0. The van der Waals surface area contributed by atoms with Gasteiger partial charge >= 0.3 is 0 Å². The van der Waals surface area contributed by atoms with Crippen molar-refractivity contribution < 1.29 is 14.7 Å². The molecule has 1 aliphatic heterocycles. The summed E-state index contributed by atoms with van der Waals surface area (Å²) in [5.41, 5.74) is 1.81. The number of amides is 2. The van der Waals surface area contributed by atoms with Gasteiger partial charge in [0.1, 0.15) is 0 Å². The lowest BCUT2D eigenvalue weighted by atomic mass is 10.2. The lowest BCUT2D eigenvalue weighted by Gasteiger charge is -2.15. The summed E-state index contributed by atoms with van der Waals surface area (Å²) in [6, 6.07) is 7.59. The van der Waals surface area contributed by atoms with Crippen LogP contribution in [0.2, 0.25) is 0 Å². The fourth-order valence-electron chi connectivity index (χ4n) is 2.48. The zero-order valence-corrected chi connectivity index (χ0v) is 13.5. The number of nitrogens with one attached hydrogen (secondary N) is 1. The van der Waals surface area contributed by atoms with Crippen molar-refractivity contribution >= 4 is 23.6 Å². The first-order valence-corrected chi connectivity index (χ1v) is 8.14. The maximum Gasteiger partial charge on any atom is 0.244 e. The molecule has 0 aromatic heterocycles. The van der Waals surface area contributed by atoms with Crippen LogP contribution in [0.4, 0.5) is 5.69 Å². The van der Waals surface area contributed by atoms with Gasteiger partial charge in [0.15, 0.2) is 0 Å². The summed E-state index contributed by atoms with van der Waals surface area (Å²) in [4.78, 5) is 25.1. The molecule has 0 saturated carbocycles.